The molecular formula is C16H17FN2OS. The van der Waals surface area contributed by atoms with Crippen LogP contribution in [-0.2, 0) is 11.2 Å². The summed E-state index contributed by atoms with van der Waals surface area (Å²) in [4.78, 5) is 16.4. The molecule has 1 amide bonds. The third-order valence-corrected chi connectivity index (χ3v) is 4.62. The number of nitrogens with one attached hydrogen (secondary N) is 1. The lowest BCUT2D eigenvalue weighted by Gasteiger charge is -2.11. The largest absolute Gasteiger partial charge is 0.353 e. The Hall–Kier alpha value is -1.75. The first-order valence-corrected chi connectivity index (χ1v) is 7.99. The summed E-state index contributed by atoms with van der Waals surface area (Å²) in [6, 6.07) is 6.60. The fourth-order valence-electron chi connectivity index (χ4n) is 2.33. The molecule has 5 heteroatoms. The number of carbonyl (C=O) groups excluding carboxylic acids is 1. The number of nitrogens with zero attached hydrogens (tertiary/aromatic N) is 1. The highest BCUT2D eigenvalue weighted by atomic mass is 32.1. The molecule has 1 aromatic heterocycles. The number of rotatable bonds is 5. The van der Waals surface area contributed by atoms with E-state index in [9.17, 15) is 9.18 Å². The molecule has 1 aromatic carbocycles. The van der Waals surface area contributed by atoms with Gasteiger partial charge >= 0.3 is 0 Å². The van der Waals surface area contributed by atoms with Gasteiger partial charge in [-0.2, -0.15) is 0 Å². The van der Waals surface area contributed by atoms with Gasteiger partial charge in [-0.05, 0) is 37.8 Å². The summed E-state index contributed by atoms with van der Waals surface area (Å²) >= 11 is 1.43. The number of hydrogen-bond donors (Lipinski definition) is 1. The van der Waals surface area contributed by atoms with Crippen LogP contribution < -0.4 is 5.32 Å². The zero-order valence-corrected chi connectivity index (χ0v) is 12.6. The van der Waals surface area contributed by atoms with E-state index in [1.165, 1.54) is 36.3 Å². The average molecular weight is 304 g/mol. The van der Waals surface area contributed by atoms with Gasteiger partial charge in [0.05, 0.1) is 12.1 Å². The van der Waals surface area contributed by atoms with Crippen molar-refractivity contribution in [2.75, 3.05) is 0 Å². The Balaban J connectivity index is 1.63. The van der Waals surface area contributed by atoms with Gasteiger partial charge in [0.15, 0.2) is 0 Å². The second-order valence-corrected chi connectivity index (χ2v) is 6.38. The molecule has 21 heavy (non-hydrogen) atoms. The molecule has 1 N–H and O–H groups in total. The fourth-order valence-corrected chi connectivity index (χ4v) is 3.14. The summed E-state index contributed by atoms with van der Waals surface area (Å²) in [5.41, 5.74) is 1.48. The molecule has 0 saturated heterocycles. The van der Waals surface area contributed by atoms with Crippen LogP contribution in [0.25, 0.3) is 10.6 Å². The minimum Gasteiger partial charge on any atom is -0.353 e. The summed E-state index contributed by atoms with van der Waals surface area (Å²) < 4.78 is 13.2. The Kier molecular flexibility index (Phi) is 4.01. The predicted octanol–water partition coefficient (Wildman–Crippen LogP) is 3.41. The molecule has 110 valence electrons. The summed E-state index contributed by atoms with van der Waals surface area (Å²) in [6.07, 6.45) is 2.70. The number of halogens is 1. The Morgan fingerprint density at radius 3 is 3.05 bits per heavy atom. The first kappa shape index (κ1) is 14.2. The van der Waals surface area contributed by atoms with Crippen molar-refractivity contribution in [1.82, 2.24) is 10.3 Å². The first-order valence-electron chi connectivity index (χ1n) is 7.11. The van der Waals surface area contributed by atoms with E-state index in [4.69, 9.17) is 0 Å². The van der Waals surface area contributed by atoms with Crippen LogP contribution in [0.5, 0.6) is 0 Å². The number of amides is 1. The molecule has 1 heterocycles. The maximum atomic E-state index is 13.2. The fraction of sp³-hybridized carbons (Fsp3) is 0.375. The molecule has 1 fully saturated rings. The molecule has 0 spiro atoms. The van der Waals surface area contributed by atoms with E-state index in [2.05, 4.69) is 17.2 Å². The van der Waals surface area contributed by atoms with Gasteiger partial charge in [-0.1, -0.05) is 12.1 Å². The number of hydrogen-bond acceptors (Lipinski definition) is 3. The van der Waals surface area contributed by atoms with Crippen molar-refractivity contribution in [2.24, 2.45) is 5.92 Å². The van der Waals surface area contributed by atoms with Crippen LogP contribution in [0.4, 0.5) is 4.39 Å². The second-order valence-electron chi connectivity index (χ2n) is 5.52. The van der Waals surface area contributed by atoms with Crippen molar-refractivity contribution in [3.05, 3.63) is 41.2 Å². The molecule has 0 aliphatic heterocycles. The highest BCUT2D eigenvalue weighted by Crippen LogP contribution is 2.32. The summed E-state index contributed by atoms with van der Waals surface area (Å²) in [5, 5.41) is 5.62. The highest BCUT2D eigenvalue weighted by molar-refractivity contribution is 7.13. The van der Waals surface area contributed by atoms with Crippen molar-refractivity contribution in [1.29, 1.82) is 0 Å². The van der Waals surface area contributed by atoms with Crippen LogP contribution in [0.2, 0.25) is 0 Å². The van der Waals surface area contributed by atoms with Crippen LogP contribution in [-0.4, -0.2) is 16.9 Å². The molecule has 0 bridgehead atoms. The van der Waals surface area contributed by atoms with Crippen LogP contribution in [0.15, 0.2) is 29.6 Å². The lowest BCUT2D eigenvalue weighted by atomic mass is 10.2. The molecule has 0 unspecified atom stereocenters. The standard InChI is InChI=1S/C16H17FN2OS/c1-10(11-5-6-11)18-15(20)8-14-9-21-16(19-14)12-3-2-4-13(17)7-12/h2-4,7,9-11H,5-6,8H2,1H3,(H,18,20)/t10-/m1/s1. The van der Waals surface area contributed by atoms with E-state index >= 15 is 0 Å². The summed E-state index contributed by atoms with van der Waals surface area (Å²) in [6.45, 7) is 2.05. The van der Waals surface area contributed by atoms with Crippen LogP contribution in [0, 0.1) is 11.7 Å². The molecule has 3 nitrogen and oxygen atoms in total. The van der Waals surface area contributed by atoms with Gasteiger partial charge in [0.25, 0.3) is 0 Å². The van der Waals surface area contributed by atoms with Crippen molar-refractivity contribution in [3.8, 4) is 10.6 Å². The maximum Gasteiger partial charge on any atom is 0.226 e. The molecule has 1 saturated carbocycles. The van der Waals surface area contributed by atoms with E-state index in [0.717, 1.165) is 16.3 Å². The van der Waals surface area contributed by atoms with E-state index < -0.39 is 0 Å². The number of carbonyl (C=O) groups is 1. The van der Waals surface area contributed by atoms with Gasteiger partial charge in [-0.25, -0.2) is 9.37 Å². The topological polar surface area (TPSA) is 42.0 Å². The van der Waals surface area contributed by atoms with E-state index in [1.54, 1.807) is 6.07 Å². The van der Waals surface area contributed by atoms with Crippen LogP contribution >= 0.6 is 11.3 Å². The minimum atomic E-state index is -0.278. The third kappa shape index (κ3) is 3.67. The lowest BCUT2D eigenvalue weighted by molar-refractivity contribution is -0.121. The monoisotopic (exact) mass is 304 g/mol. The third-order valence-electron chi connectivity index (χ3n) is 3.68. The zero-order valence-electron chi connectivity index (χ0n) is 11.8. The van der Waals surface area contributed by atoms with Crippen molar-refractivity contribution in [2.45, 2.75) is 32.2 Å². The molecule has 0 radical (unpaired) electrons. The van der Waals surface area contributed by atoms with Gasteiger partial charge in [0.1, 0.15) is 10.8 Å². The van der Waals surface area contributed by atoms with E-state index in [-0.39, 0.29) is 24.2 Å². The summed E-state index contributed by atoms with van der Waals surface area (Å²) in [7, 11) is 0. The Morgan fingerprint density at radius 2 is 2.33 bits per heavy atom. The van der Waals surface area contributed by atoms with Crippen molar-refractivity contribution >= 4 is 17.2 Å². The van der Waals surface area contributed by atoms with Gasteiger partial charge in [0.2, 0.25) is 5.91 Å². The number of aromatic nitrogens is 1. The van der Waals surface area contributed by atoms with Crippen molar-refractivity contribution in [3.63, 3.8) is 0 Å². The Labute approximate surface area is 127 Å². The van der Waals surface area contributed by atoms with Crippen molar-refractivity contribution < 1.29 is 9.18 Å². The zero-order chi connectivity index (χ0) is 14.8. The molecule has 2 aromatic rings. The normalized spacial score (nSPS) is 15.7. The van der Waals surface area contributed by atoms with Gasteiger partial charge in [-0.3, -0.25) is 4.79 Å². The highest BCUT2D eigenvalue weighted by Gasteiger charge is 2.28. The molecule has 1 aliphatic rings. The lowest BCUT2D eigenvalue weighted by Crippen LogP contribution is -2.35. The van der Waals surface area contributed by atoms with Crippen LogP contribution in [0.1, 0.15) is 25.5 Å². The first-order chi connectivity index (χ1) is 10.1. The van der Waals surface area contributed by atoms with Gasteiger partial charge in [0, 0.05) is 17.0 Å². The van der Waals surface area contributed by atoms with E-state index in [1.807, 2.05) is 11.4 Å². The molecular weight excluding hydrogens is 287 g/mol. The smallest absolute Gasteiger partial charge is 0.226 e. The average Bonchev–Trinajstić information content (AvgIpc) is 3.19. The second kappa shape index (κ2) is 5.93. The molecule has 1 aliphatic carbocycles. The molecule has 1 atom stereocenters. The molecule has 3 rings (SSSR count). The van der Waals surface area contributed by atoms with Crippen LogP contribution in [0.3, 0.4) is 0 Å². The number of thiazole rings is 1. The van der Waals surface area contributed by atoms with Gasteiger partial charge in [-0.15, -0.1) is 11.3 Å². The SMILES string of the molecule is C[C@@H](NC(=O)Cc1csc(-c2cccc(F)c2)n1)C1CC1. The summed E-state index contributed by atoms with van der Waals surface area (Å²) in [5.74, 6) is 0.373. The Bertz CT molecular complexity index is 651. The maximum absolute atomic E-state index is 13.2. The van der Waals surface area contributed by atoms with Gasteiger partial charge < -0.3 is 5.32 Å². The van der Waals surface area contributed by atoms with E-state index in [0.29, 0.717) is 5.92 Å². The quantitative estimate of drug-likeness (QED) is 0.920. The Morgan fingerprint density at radius 1 is 1.52 bits per heavy atom. The predicted molar refractivity (Wildman–Crippen MR) is 81.5 cm³/mol. The number of benzene rings is 1. The minimum absolute atomic E-state index is 0.00509.